The van der Waals surface area contributed by atoms with Crippen LogP contribution in [0, 0.1) is 0 Å². The van der Waals surface area contributed by atoms with Crippen LogP contribution in [-0.4, -0.2) is 40.4 Å². The molecule has 0 bridgehead atoms. The van der Waals surface area contributed by atoms with Gasteiger partial charge in [0.1, 0.15) is 5.82 Å². The Morgan fingerprint density at radius 3 is 2.36 bits per heavy atom. The van der Waals surface area contributed by atoms with Gasteiger partial charge in [0.25, 0.3) is 0 Å². The van der Waals surface area contributed by atoms with Crippen molar-refractivity contribution in [2.24, 2.45) is 0 Å². The van der Waals surface area contributed by atoms with Gasteiger partial charge in [0.15, 0.2) is 0 Å². The van der Waals surface area contributed by atoms with E-state index in [0.717, 1.165) is 56.0 Å². The number of imidazole rings is 1. The standard InChI is InChI=1S/C19H23N5O/c1-2-11-23-16-7-3-4-8-17(16)24(19(23)25)22-14-12-21(13-15-22)18-9-5-6-10-20-18/h3-10H,2,11-15H2,1H3. The molecule has 0 atom stereocenters. The van der Waals surface area contributed by atoms with E-state index in [1.54, 1.807) is 0 Å². The number of nitrogens with zero attached hydrogens (tertiary/aromatic N) is 5. The summed E-state index contributed by atoms with van der Waals surface area (Å²) in [6.45, 7) is 6.17. The lowest BCUT2D eigenvalue weighted by molar-refractivity contribution is 0.511. The maximum Gasteiger partial charge on any atom is 0.347 e. The third kappa shape index (κ3) is 2.77. The summed E-state index contributed by atoms with van der Waals surface area (Å²) in [4.78, 5) is 19.7. The third-order valence-corrected chi connectivity index (χ3v) is 4.77. The molecule has 130 valence electrons. The monoisotopic (exact) mass is 337 g/mol. The molecule has 3 aromatic rings. The van der Waals surface area contributed by atoms with E-state index in [1.165, 1.54) is 0 Å². The number of rotatable bonds is 4. The van der Waals surface area contributed by atoms with E-state index in [-0.39, 0.29) is 5.69 Å². The highest BCUT2D eigenvalue weighted by Crippen LogP contribution is 2.16. The van der Waals surface area contributed by atoms with Gasteiger partial charge in [-0.2, -0.15) is 0 Å². The van der Waals surface area contributed by atoms with Crippen LogP contribution < -0.4 is 15.6 Å². The SMILES string of the molecule is CCCn1c(=O)n(N2CCN(c3ccccn3)CC2)c2ccccc21. The summed E-state index contributed by atoms with van der Waals surface area (Å²) in [7, 11) is 0. The smallest absolute Gasteiger partial charge is 0.347 e. The number of piperazine rings is 1. The number of benzene rings is 1. The average molecular weight is 337 g/mol. The summed E-state index contributed by atoms with van der Waals surface area (Å²) in [5.41, 5.74) is 2.07. The predicted octanol–water partition coefficient (Wildman–Crippen LogP) is 2.07. The van der Waals surface area contributed by atoms with E-state index in [0.29, 0.717) is 0 Å². The van der Waals surface area contributed by atoms with Crippen molar-refractivity contribution in [3.8, 4) is 0 Å². The maximum absolute atomic E-state index is 13.0. The molecule has 0 N–H and O–H groups in total. The molecular formula is C19H23N5O. The van der Waals surface area contributed by atoms with Gasteiger partial charge in [-0.1, -0.05) is 25.1 Å². The lowest BCUT2D eigenvalue weighted by Gasteiger charge is -2.36. The van der Waals surface area contributed by atoms with E-state index >= 15 is 0 Å². The number of anilines is 1. The zero-order valence-electron chi connectivity index (χ0n) is 14.5. The van der Waals surface area contributed by atoms with Crippen molar-refractivity contribution in [3.05, 3.63) is 59.1 Å². The summed E-state index contributed by atoms with van der Waals surface area (Å²) in [6.07, 6.45) is 2.77. The van der Waals surface area contributed by atoms with Gasteiger partial charge in [-0.15, -0.1) is 0 Å². The summed E-state index contributed by atoms with van der Waals surface area (Å²) in [5, 5.41) is 2.16. The normalized spacial score (nSPS) is 15.1. The Hall–Kier alpha value is -2.76. The molecule has 4 rings (SSSR count). The zero-order valence-corrected chi connectivity index (χ0v) is 14.5. The van der Waals surface area contributed by atoms with Crippen LogP contribution in [0.3, 0.4) is 0 Å². The van der Waals surface area contributed by atoms with Crippen LogP contribution in [0.4, 0.5) is 5.82 Å². The van der Waals surface area contributed by atoms with Gasteiger partial charge in [0, 0.05) is 25.8 Å². The van der Waals surface area contributed by atoms with Gasteiger partial charge in [-0.25, -0.2) is 14.5 Å². The Morgan fingerprint density at radius 1 is 0.960 bits per heavy atom. The minimum Gasteiger partial charge on any atom is -0.353 e. The minimum atomic E-state index is 0.0642. The molecule has 0 unspecified atom stereocenters. The molecule has 0 aliphatic carbocycles. The molecule has 6 heteroatoms. The second-order valence-corrected chi connectivity index (χ2v) is 6.36. The van der Waals surface area contributed by atoms with E-state index < -0.39 is 0 Å². The van der Waals surface area contributed by atoms with E-state index in [9.17, 15) is 4.79 Å². The fourth-order valence-corrected chi connectivity index (χ4v) is 3.57. The van der Waals surface area contributed by atoms with Crippen molar-refractivity contribution >= 4 is 16.9 Å². The van der Waals surface area contributed by atoms with Crippen molar-refractivity contribution in [1.82, 2.24) is 14.2 Å². The van der Waals surface area contributed by atoms with E-state index in [1.807, 2.05) is 57.9 Å². The number of pyridine rings is 1. The van der Waals surface area contributed by atoms with Crippen molar-refractivity contribution in [3.63, 3.8) is 0 Å². The lowest BCUT2D eigenvalue weighted by atomic mass is 10.3. The molecule has 1 aliphatic heterocycles. The molecule has 1 saturated heterocycles. The lowest BCUT2D eigenvalue weighted by Crippen LogP contribution is -2.54. The maximum atomic E-state index is 13.0. The topological polar surface area (TPSA) is 46.3 Å². The van der Waals surface area contributed by atoms with Crippen LogP contribution in [0.5, 0.6) is 0 Å². The van der Waals surface area contributed by atoms with E-state index in [2.05, 4.69) is 21.8 Å². The second kappa shape index (κ2) is 6.63. The number of hydrogen-bond acceptors (Lipinski definition) is 4. The number of aromatic nitrogens is 3. The number of aryl methyl sites for hydroxylation is 1. The number of hydrogen-bond donors (Lipinski definition) is 0. The Morgan fingerprint density at radius 2 is 1.68 bits per heavy atom. The summed E-state index contributed by atoms with van der Waals surface area (Å²) < 4.78 is 3.75. The van der Waals surface area contributed by atoms with Crippen molar-refractivity contribution in [2.75, 3.05) is 36.1 Å². The van der Waals surface area contributed by atoms with Gasteiger partial charge in [-0.3, -0.25) is 4.57 Å². The first kappa shape index (κ1) is 15.7. The molecule has 25 heavy (non-hydrogen) atoms. The molecule has 0 saturated carbocycles. The minimum absolute atomic E-state index is 0.0642. The third-order valence-electron chi connectivity index (χ3n) is 4.77. The van der Waals surface area contributed by atoms with Crippen LogP contribution >= 0.6 is 0 Å². The molecule has 0 spiro atoms. The van der Waals surface area contributed by atoms with Crippen LogP contribution in [0.15, 0.2) is 53.5 Å². The molecule has 1 aliphatic rings. The first-order valence-electron chi connectivity index (χ1n) is 8.91. The van der Waals surface area contributed by atoms with Crippen molar-refractivity contribution < 1.29 is 0 Å². The first-order chi connectivity index (χ1) is 12.3. The average Bonchev–Trinajstić information content (AvgIpc) is 2.95. The molecule has 2 aromatic heterocycles. The van der Waals surface area contributed by atoms with Crippen molar-refractivity contribution in [2.45, 2.75) is 19.9 Å². The predicted molar refractivity (Wildman–Crippen MR) is 101 cm³/mol. The highest BCUT2D eigenvalue weighted by atomic mass is 16.2. The number of fused-ring (bicyclic) bond motifs is 1. The fraction of sp³-hybridized carbons (Fsp3) is 0.368. The quantitative estimate of drug-likeness (QED) is 0.731. The van der Waals surface area contributed by atoms with Crippen LogP contribution in [0.1, 0.15) is 13.3 Å². The highest BCUT2D eigenvalue weighted by Gasteiger charge is 2.22. The Labute approximate surface area is 146 Å². The fourth-order valence-electron chi connectivity index (χ4n) is 3.57. The number of para-hydroxylation sites is 2. The molecule has 3 heterocycles. The molecule has 0 radical (unpaired) electrons. The molecule has 6 nitrogen and oxygen atoms in total. The second-order valence-electron chi connectivity index (χ2n) is 6.36. The Kier molecular flexibility index (Phi) is 4.17. The van der Waals surface area contributed by atoms with Crippen LogP contribution in [-0.2, 0) is 6.54 Å². The van der Waals surface area contributed by atoms with Gasteiger partial charge in [0.05, 0.1) is 24.1 Å². The molecule has 1 fully saturated rings. The van der Waals surface area contributed by atoms with Crippen LogP contribution in [0.2, 0.25) is 0 Å². The highest BCUT2D eigenvalue weighted by molar-refractivity contribution is 5.76. The molecule has 0 amide bonds. The first-order valence-corrected chi connectivity index (χ1v) is 8.91. The van der Waals surface area contributed by atoms with Gasteiger partial charge in [-0.05, 0) is 30.7 Å². The van der Waals surface area contributed by atoms with Crippen LogP contribution in [0.25, 0.3) is 11.0 Å². The summed E-state index contributed by atoms with van der Waals surface area (Å²) in [5.74, 6) is 1.00. The van der Waals surface area contributed by atoms with Crippen molar-refractivity contribution in [1.29, 1.82) is 0 Å². The summed E-state index contributed by atoms with van der Waals surface area (Å²) >= 11 is 0. The van der Waals surface area contributed by atoms with E-state index in [4.69, 9.17) is 0 Å². The van der Waals surface area contributed by atoms with Gasteiger partial charge in [0.2, 0.25) is 0 Å². The Balaban J connectivity index is 1.63. The Bertz CT molecular complexity index is 906. The summed E-state index contributed by atoms with van der Waals surface area (Å²) in [6, 6.07) is 14.0. The molecular weight excluding hydrogens is 314 g/mol. The largest absolute Gasteiger partial charge is 0.353 e. The van der Waals surface area contributed by atoms with Gasteiger partial charge < -0.3 is 9.91 Å². The van der Waals surface area contributed by atoms with Gasteiger partial charge >= 0.3 is 5.69 Å². The molecule has 1 aromatic carbocycles. The zero-order chi connectivity index (χ0) is 17.2.